The summed E-state index contributed by atoms with van der Waals surface area (Å²) >= 11 is 0. The molecule has 6 nitrogen and oxygen atoms in total. The standard InChI is InChI=1S/C15H18N2O4/c1-4-8-17(11(2)18)10-14(19)16-13-7-5-6-12(9-13)15(20)21-3/h4-7,9H,1,8,10H2,2-3H3,(H,16,19). The number of nitrogens with zero attached hydrogens (tertiary/aromatic N) is 1. The van der Waals surface area contributed by atoms with E-state index in [4.69, 9.17) is 0 Å². The van der Waals surface area contributed by atoms with Crippen LogP contribution in [0.2, 0.25) is 0 Å². The molecule has 2 amide bonds. The number of methoxy groups -OCH3 is 1. The molecule has 1 aromatic rings. The third-order valence-electron chi connectivity index (χ3n) is 2.70. The molecule has 6 heteroatoms. The first-order chi connectivity index (χ1) is 9.97. The van der Waals surface area contributed by atoms with Gasteiger partial charge in [-0.1, -0.05) is 12.1 Å². The third-order valence-corrected chi connectivity index (χ3v) is 2.70. The van der Waals surface area contributed by atoms with Crippen molar-refractivity contribution in [3.05, 3.63) is 42.5 Å². The van der Waals surface area contributed by atoms with Gasteiger partial charge in [0.05, 0.1) is 12.7 Å². The van der Waals surface area contributed by atoms with Crippen LogP contribution in [0, 0.1) is 0 Å². The summed E-state index contributed by atoms with van der Waals surface area (Å²) in [7, 11) is 1.29. The summed E-state index contributed by atoms with van der Waals surface area (Å²) in [6.07, 6.45) is 1.55. The minimum absolute atomic E-state index is 0.0796. The number of amides is 2. The number of rotatable bonds is 6. The molecule has 0 aliphatic heterocycles. The first-order valence-electron chi connectivity index (χ1n) is 6.32. The summed E-state index contributed by atoms with van der Waals surface area (Å²) in [6.45, 7) is 5.14. The zero-order valence-corrected chi connectivity index (χ0v) is 12.1. The van der Waals surface area contributed by atoms with Crippen molar-refractivity contribution in [1.82, 2.24) is 4.90 Å². The maximum absolute atomic E-state index is 11.9. The van der Waals surface area contributed by atoms with Crippen molar-refractivity contribution in [3.63, 3.8) is 0 Å². The molecular weight excluding hydrogens is 272 g/mol. The average Bonchev–Trinajstić information content (AvgIpc) is 2.46. The highest BCUT2D eigenvalue weighted by Crippen LogP contribution is 2.11. The number of benzene rings is 1. The van der Waals surface area contributed by atoms with Gasteiger partial charge in [0.15, 0.2) is 0 Å². The van der Waals surface area contributed by atoms with Crippen LogP contribution in [-0.4, -0.2) is 42.9 Å². The van der Waals surface area contributed by atoms with Gasteiger partial charge in [-0.25, -0.2) is 4.79 Å². The Kier molecular flexibility index (Phi) is 6.13. The topological polar surface area (TPSA) is 75.7 Å². The molecule has 0 aliphatic carbocycles. The molecule has 0 aromatic heterocycles. The van der Waals surface area contributed by atoms with E-state index in [2.05, 4.69) is 16.6 Å². The van der Waals surface area contributed by atoms with Gasteiger partial charge >= 0.3 is 5.97 Å². The van der Waals surface area contributed by atoms with Crippen LogP contribution in [0.25, 0.3) is 0 Å². The summed E-state index contributed by atoms with van der Waals surface area (Å²) in [5.74, 6) is -1.05. The van der Waals surface area contributed by atoms with E-state index in [0.29, 0.717) is 17.8 Å². The van der Waals surface area contributed by atoms with Gasteiger partial charge in [-0.15, -0.1) is 6.58 Å². The van der Waals surface area contributed by atoms with Gasteiger partial charge in [-0.05, 0) is 18.2 Å². The van der Waals surface area contributed by atoms with E-state index >= 15 is 0 Å². The number of hydrogen-bond donors (Lipinski definition) is 1. The second kappa shape index (κ2) is 7.84. The normalized spacial score (nSPS) is 9.62. The van der Waals surface area contributed by atoms with E-state index in [9.17, 15) is 14.4 Å². The number of carbonyl (C=O) groups is 3. The fourth-order valence-electron chi connectivity index (χ4n) is 1.68. The third kappa shape index (κ3) is 5.10. The van der Waals surface area contributed by atoms with Gasteiger partial charge in [0, 0.05) is 19.2 Å². The summed E-state index contributed by atoms with van der Waals surface area (Å²) in [5, 5.41) is 2.63. The molecule has 0 heterocycles. The Bertz CT molecular complexity index is 554. The monoisotopic (exact) mass is 290 g/mol. The molecule has 1 N–H and O–H groups in total. The van der Waals surface area contributed by atoms with E-state index in [1.54, 1.807) is 24.3 Å². The lowest BCUT2D eigenvalue weighted by Crippen LogP contribution is -2.36. The second-order valence-electron chi connectivity index (χ2n) is 4.31. The number of ether oxygens (including phenoxy) is 1. The molecule has 0 bridgehead atoms. The van der Waals surface area contributed by atoms with Crippen molar-refractivity contribution >= 4 is 23.5 Å². The van der Waals surface area contributed by atoms with Gasteiger partial charge in [0.1, 0.15) is 6.54 Å². The molecule has 1 aromatic carbocycles. The maximum Gasteiger partial charge on any atom is 0.337 e. The fraction of sp³-hybridized carbons (Fsp3) is 0.267. The summed E-state index contributed by atoms with van der Waals surface area (Å²) in [6, 6.07) is 6.38. The van der Waals surface area contributed by atoms with E-state index in [0.717, 1.165) is 0 Å². The highest BCUT2D eigenvalue weighted by Gasteiger charge is 2.13. The Morgan fingerprint density at radius 2 is 2.10 bits per heavy atom. The molecule has 1 rings (SSSR count). The zero-order chi connectivity index (χ0) is 15.8. The van der Waals surface area contributed by atoms with E-state index in [-0.39, 0.29) is 18.4 Å². The number of carbonyl (C=O) groups excluding carboxylic acids is 3. The van der Waals surface area contributed by atoms with Crippen LogP contribution in [0.5, 0.6) is 0 Å². The van der Waals surface area contributed by atoms with Gasteiger partial charge in [-0.3, -0.25) is 9.59 Å². The van der Waals surface area contributed by atoms with Crippen LogP contribution < -0.4 is 5.32 Å². The average molecular weight is 290 g/mol. The maximum atomic E-state index is 11.9. The van der Waals surface area contributed by atoms with Crippen molar-refractivity contribution in [2.24, 2.45) is 0 Å². The summed E-state index contributed by atoms with van der Waals surface area (Å²) in [4.78, 5) is 36.0. The molecule has 0 saturated carbocycles. The Morgan fingerprint density at radius 3 is 2.67 bits per heavy atom. The van der Waals surface area contributed by atoms with Crippen molar-refractivity contribution < 1.29 is 19.1 Å². The van der Waals surface area contributed by atoms with Gasteiger partial charge in [0.25, 0.3) is 0 Å². The van der Waals surface area contributed by atoms with Gasteiger partial charge < -0.3 is 15.0 Å². The van der Waals surface area contributed by atoms with E-state index < -0.39 is 5.97 Å². The highest BCUT2D eigenvalue weighted by molar-refractivity contribution is 5.96. The second-order valence-corrected chi connectivity index (χ2v) is 4.31. The zero-order valence-electron chi connectivity index (χ0n) is 12.1. The van der Waals surface area contributed by atoms with Crippen LogP contribution in [0.4, 0.5) is 5.69 Å². The number of nitrogens with one attached hydrogen (secondary N) is 1. The number of hydrogen-bond acceptors (Lipinski definition) is 4. The van der Waals surface area contributed by atoms with E-state index in [1.165, 1.54) is 25.0 Å². The summed E-state index contributed by atoms with van der Waals surface area (Å²) < 4.78 is 4.61. The molecule has 0 atom stereocenters. The lowest BCUT2D eigenvalue weighted by molar-refractivity contribution is -0.132. The van der Waals surface area contributed by atoms with Crippen molar-refractivity contribution in [3.8, 4) is 0 Å². The van der Waals surface area contributed by atoms with Crippen LogP contribution in [0.1, 0.15) is 17.3 Å². The van der Waals surface area contributed by atoms with Gasteiger partial charge in [0.2, 0.25) is 11.8 Å². The molecule has 0 spiro atoms. The predicted octanol–water partition coefficient (Wildman–Crippen LogP) is 1.45. The molecule has 112 valence electrons. The quantitative estimate of drug-likeness (QED) is 0.635. The van der Waals surface area contributed by atoms with E-state index in [1.807, 2.05) is 0 Å². The Hall–Kier alpha value is -2.63. The Morgan fingerprint density at radius 1 is 1.38 bits per heavy atom. The predicted molar refractivity (Wildman–Crippen MR) is 78.9 cm³/mol. The van der Waals surface area contributed by atoms with Crippen molar-refractivity contribution in [2.75, 3.05) is 25.5 Å². The SMILES string of the molecule is C=CCN(CC(=O)Nc1cccc(C(=O)OC)c1)C(C)=O. The molecule has 0 unspecified atom stereocenters. The van der Waals surface area contributed by atoms with Crippen LogP contribution >= 0.6 is 0 Å². The van der Waals surface area contributed by atoms with Crippen molar-refractivity contribution in [2.45, 2.75) is 6.92 Å². The Labute approximate surface area is 123 Å². The first-order valence-corrected chi connectivity index (χ1v) is 6.32. The molecule has 0 radical (unpaired) electrons. The first kappa shape index (κ1) is 16.4. The van der Waals surface area contributed by atoms with Crippen molar-refractivity contribution in [1.29, 1.82) is 0 Å². The largest absolute Gasteiger partial charge is 0.465 e. The van der Waals surface area contributed by atoms with Crippen LogP contribution in [0.3, 0.4) is 0 Å². The number of esters is 1. The minimum atomic E-state index is -0.483. The molecular formula is C15H18N2O4. The molecule has 0 aliphatic rings. The molecule has 0 fully saturated rings. The van der Waals surface area contributed by atoms with Gasteiger partial charge in [-0.2, -0.15) is 0 Å². The smallest absolute Gasteiger partial charge is 0.337 e. The van der Waals surface area contributed by atoms with Crippen LogP contribution in [-0.2, 0) is 14.3 Å². The Balaban J connectivity index is 2.72. The highest BCUT2D eigenvalue weighted by atomic mass is 16.5. The fourth-order valence-corrected chi connectivity index (χ4v) is 1.68. The minimum Gasteiger partial charge on any atom is -0.465 e. The summed E-state index contributed by atoms with van der Waals surface area (Å²) in [5.41, 5.74) is 0.801. The molecule has 21 heavy (non-hydrogen) atoms. The molecule has 0 saturated heterocycles. The van der Waals surface area contributed by atoms with Crippen LogP contribution in [0.15, 0.2) is 36.9 Å². The lowest BCUT2D eigenvalue weighted by Gasteiger charge is -2.18. The number of anilines is 1. The lowest BCUT2D eigenvalue weighted by atomic mass is 10.2.